The van der Waals surface area contributed by atoms with Crippen molar-refractivity contribution in [2.24, 2.45) is 0 Å². The van der Waals surface area contributed by atoms with Crippen molar-refractivity contribution in [1.82, 2.24) is 0 Å². The summed E-state index contributed by atoms with van der Waals surface area (Å²) in [5, 5.41) is 21.4. The summed E-state index contributed by atoms with van der Waals surface area (Å²) >= 11 is 0. The number of para-hydroxylation sites is 2. The number of hydrogen-bond donors (Lipinski definition) is 2. The zero-order chi connectivity index (χ0) is 21.4. The fraction of sp³-hybridized carbons (Fsp3) is 0.130. The molecule has 2 heterocycles. The largest absolute Gasteiger partial charge is 0.507 e. The number of phenolic OH excluding ortho intramolecular Hbond substituents is 1. The quantitative estimate of drug-likeness (QED) is 0.388. The minimum absolute atomic E-state index is 0.119. The number of aliphatic hydroxyl groups excluding tert-OH is 1. The van der Waals surface area contributed by atoms with Crippen molar-refractivity contribution >= 4 is 23.1 Å². The zero-order valence-electron chi connectivity index (χ0n) is 16.3. The number of furan rings is 1. The van der Waals surface area contributed by atoms with Crippen LogP contribution in [0.25, 0.3) is 5.76 Å². The van der Waals surface area contributed by atoms with Gasteiger partial charge in [-0.2, -0.15) is 0 Å². The number of methoxy groups -OCH3 is 1. The topological polar surface area (TPSA) is 100 Å². The molecule has 2 N–H and O–H groups in total. The Morgan fingerprint density at radius 1 is 1.10 bits per heavy atom. The van der Waals surface area contributed by atoms with Gasteiger partial charge in [0.1, 0.15) is 29.1 Å². The molecule has 7 heteroatoms. The number of benzene rings is 2. The van der Waals surface area contributed by atoms with Crippen molar-refractivity contribution in [1.29, 1.82) is 0 Å². The summed E-state index contributed by atoms with van der Waals surface area (Å²) in [5.41, 5.74) is 1.08. The smallest absolute Gasteiger partial charge is 0.300 e. The Labute approximate surface area is 172 Å². The third-order valence-electron chi connectivity index (χ3n) is 5.09. The predicted molar refractivity (Wildman–Crippen MR) is 109 cm³/mol. The number of hydrogen-bond acceptors (Lipinski definition) is 6. The molecule has 0 radical (unpaired) electrons. The first-order valence-corrected chi connectivity index (χ1v) is 9.21. The highest BCUT2D eigenvalue weighted by atomic mass is 16.5. The second-order valence-electron chi connectivity index (χ2n) is 6.85. The van der Waals surface area contributed by atoms with Gasteiger partial charge in [0.05, 0.1) is 24.6 Å². The maximum atomic E-state index is 13.0. The standard InChI is InChI=1S/C23H19NO6/c1-13-12-14(29-2)9-10-15(13)21(26)19-20(18-8-5-11-30-18)24(23(28)22(19)27)16-6-3-4-7-17(16)25/h3-12,20,25-26H,1-2H3/b21-19-. The van der Waals surface area contributed by atoms with Gasteiger partial charge < -0.3 is 19.4 Å². The van der Waals surface area contributed by atoms with Crippen molar-refractivity contribution in [2.75, 3.05) is 12.0 Å². The zero-order valence-corrected chi connectivity index (χ0v) is 16.3. The molecule has 1 atom stereocenters. The van der Waals surface area contributed by atoms with Gasteiger partial charge in [0.15, 0.2) is 0 Å². The van der Waals surface area contributed by atoms with Gasteiger partial charge in [0, 0.05) is 5.56 Å². The van der Waals surface area contributed by atoms with Gasteiger partial charge in [-0.05, 0) is 55.0 Å². The Morgan fingerprint density at radius 3 is 2.50 bits per heavy atom. The second kappa shape index (κ2) is 7.44. The maximum absolute atomic E-state index is 13.0. The van der Waals surface area contributed by atoms with Crippen LogP contribution in [-0.4, -0.2) is 29.0 Å². The van der Waals surface area contributed by atoms with E-state index >= 15 is 0 Å². The van der Waals surface area contributed by atoms with E-state index in [0.29, 0.717) is 16.9 Å². The summed E-state index contributed by atoms with van der Waals surface area (Å²) in [6.07, 6.45) is 1.42. The number of phenols is 1. The second-order valence-corrected chi connectivity index (χ2v) is 6.85. The summed E-state index contributed by atoms with van der Waals surface area (Å²) in [4.78, 5) is 27.1. The van der Waals surface area contributed by atoms with Crippen LogP contribution in [0.15, 0.2) is 70.9 Å². The summed E-state index contributed by atoms with van der Waals surface area (Å²) < 4.78 is 10.7. The third kappa shape index (κ3) is 3.00. The molecule has 0 bridgehead atoms. The van der Waals surface area contributed by atoms with Crippen LogP contribution in [-0.2, 0) is 9.59 Å². The number of aromatic hydroxyl groups is 1. The Bertz CT molecular complexity index is 1160. The van der Waals surface area contributed by atoms with Gasteiger partial charge in [0.25, 0.3) is 11.7 Å². The summed E-state index contributed by atoms with van der Waals surface area (Å²) in [7, 11) is 1.53. The van der Waals surface area contributed by atoms with Gasteiger partial charge in [-0.25, -0.2) is 0 Å². The molecule has 1 aliphatic rings. The number of nitrogens with zero attached hydrogens (tertiary/aromatic N) is 1. The van der Waals surface area contributed by atoms with Crippen LogP contribution in [0, 0.1) is 6.92 Å². The van der Waals surface area contributed by atoms with Crippen molar-refractivity contribution < 1.29 is 29.0 Å². The van der Waals surface area contributed by atoms with Gasteiger partial charge in [-0.3, -0.25) is 14.5 Å². The van der Waals surface area contributed by atoms with Gasteiger partial charge >= 0.3 is 0 Å². The highest BCUT2D eigenvalue weighted by Gasteiger charge is 2.49. The van der Waals surface area contributed by atoms with Gasteiger partial charge in [-0.15, -0.1) is 0 Å². The number of carbonyl (C=O) groups is 2. The van der Waals surface area contributed by atoms with Crippen LogP contribution >= 0.6 is 0 Å². The fourth-order valence-corrected chi connectivity index (χ4v) is 3.64. The van der Waals surface area contributed by atoms with Gasteiger partial charge in [-0.1, -0.05) is 12.1 Å². The van der Waals surface area contributed by atoms with E-state index in [0.717, 1.165) is 4.90 Å². The number of carbonyl (C=O) groups excluding carboxylic acids is 2. The lowest BCUT2D eigenvalue weighted by Gasteiger charge is -2.24. The average Bonchev–Trinajstić information content (AvgIpc) is 3.35. The molecule has 1 saturated heterocycles. The van der Waals surface area contributed by atoms with E-state index in [-0.39, 0.29) is 28.5 Å². The van der Waals surface area contributed by atoms with Crippen LogP contribution in [0.2, 0.25) is 0 Å². The molecule has 7 nitrogen and oxygen atoms in total. The first kappa shape index (κ1) is 19.3. The number of Topliss-reactive ketones (excluding diaryl/α,β-unsaturated/α-hetero) is 1. The van der Waals surface area contributed by atoms with Crippen LogP contribution in [0.5, 0.6) is 11.5 Å². The van der Waals surface area contributed by atoms with Crippen molar-refractivity contribution in [2.45, 2.75) is 13.0 Å². The molecule has 1 unspecified atom stereocenters. The Kier molecular flexibility index (Phi) is 4.79. The number of aryl methyl sites for hydroxylation is 1. The molecular weight excluding hydrogens is 386 g/mol. The van der Waals surface area contributed by atoms with Crippen molar-refractivity contribution in [3.63, 3.8) is 0 Å². The van der Waals surface area contributed by atoms with E-state index < -0.39 is 17.7 Å². The number of rotatable bonds is 4. The minimum atomic E-state index is -1.03. The lowest BCUT2D eigenvalue weighted by molar-refractivity contribution is -0.132. The van der Waals surface area contributed by atoms with E-state index in [2.05, 4.69) is 0 Å². The minimum Gasteiger partial charge on any atom is -0.507 e. The number of anilines is 1. The summed E-state index contributed by atoms with van der Waals surface area (Å²) in [6, 6.07) is 13.4. The normalized spacial score (nSPS) is 18.1. The number of aliphatic hydroxyl groups is 1. The highest BCUT2D eigenvalue weighted by molar-refractivity contribution is 6.51. The molecule has 152 valence electrons. The van der Waals surface area contributed by atoms with E-state index in [4.69, 9.17) is 9.15 Å². The maximum Gasteiger partial charge on any atom is 0.300 e. The Balaban J connectivity index is 1.94. The van der Waals surface area contributed by atoms with Crippen LogP contribution < -0.4 is 9.64 Å². The molecule has 30 heavy (non-hydrogen) atoms. The fourth-order valence-electron chi connectivity index (χ4n) is 3.64. The van der Waals surface area contributed by atoms with E-state index in [9.17, 15) is 19.8 Å². The molecule has 0 aliphatic carbocycles. The molecule has 0 spiro atoms. The molecule has 1 aromatic heterocycles. The van der Waals surface area contributed by atoms with Crippen LogP contribution in [0.4, 0.5) is 5.69 Å². The lowest BCUT2D eigenvalue weighted by atomic mass is 9.96. The SMILES string of the molecule is COc1ccc(/C(O)=C2/C(=O)C(=O)N(c3ccccc3O)C2c2ccco2)c(C)c1. The highest BCUT2D eigenvalue weighted by Crippen LogP contribution is 2.45. The van der Waals surface area contributed by atoms with Crippen LogP contribution in [0.3, 0.4) is 0 Å². The molecule has 1 amide bonds. The third-order valence-corrected chi connectivity index (χ3v) is 5.09. The number of ether oxygens (including phenoxy) is 1. The molecule has 0 saturated carbocycles. The molecule has 1 aliphatic heterocycles. The van der Waals surface area contributed by atoms with Crippen LogP contribution in [0.1, 0.15) is 22.9 Å². The monoisotopic (exact) mass is 405 g/mol. The number of ketones is 1. The number of amides is 1. The summed E-state index contributed by atoms with van der Waals surface area (Å²) in [6.45, 7) is 1.76. The molecular formula is C23H19NO6. The lowest BCUT2D eigenvalue weighted by Crippen LogP contribution is -2.29. The van der Waals surface area contributed by atoms with E-state index in [1.54, 1.807) is 49.4 Å². The van der Waals surface area contributed by atoms with E-state index in [1.807, 2.05) is 0 Å². The first-order chi connectivity index (χ1) is 14.4. The molecule has 4 rings (SSSR count). The first-order valence-electron chi connectivity index (χ1n) is 9.21. The predicted octanol–water partition coefficient (Wildman–Crippen LogP) is 3.93. The molecule has 2 aromatic carbocycles. The Morgan fingerprint density at radius 2 is 1.87 bits per heavy atom. The van der Waals surface area contributed by atoms with E-state index in [1.165, 1.54) is 25.5 Å². The average molecular weight is 405 g/mol. The van der Waals surface area contributed by atoms with Gasteiger partial charge in [0.2, 0.25) is 0 Å². The van der Waals surface area contributed by atoms with Crippen molar-refractivity contribution in [3.05, 3.63) is 83.3 Å². The Hall–Kier alpha value is -4.00. The summed E-state index contributed by atoms with van der Waals surface area (Å²) in [5.74, 6) is -1.35. The molecule has 1 fully saturated rings. The molecule has 3 aromatic rings. The van der Waals surface area contributed by atoms with Crippen molar-refractivity contribution in [3.8, 4) is 11.5 Å².